The molecule has 0 aliphatic rings. The average Bonchev–Trinajstić information content (AvgIpc) is 2.58. The van der Waals surface area contributed by atoms with Crippen LogP contribution in [0.25, 0.3) is 0 Å². The monoisotopic (exact) mass is 367 g/mol. The molecule has 0 unspecified atom stereocenters. The van der Waals surface area contributed by atoms with Crippen LogP contribution in [0.15, 0.2) is 48.7 Å². The van der Waals surface area contributed by atoms with Crippen LogP contribution in [0.5, 0.6) is 11.5 Å². The highest BCUT2D eigenvalue weighted by atomic mass is 35.5. The van der Waals surface area contributed by atoms with Crippen molar-refractivity contribution in [1.82, 2.24) is 4.98 Å². The molecule has 1 aromatic heterocycles. The predicted molar refractivity (Wildman–Crippen MR) is 88.6 cm³/mol. The van der Waals surface area contributed by atoms with Crippen LogP contribution in [-0.2, 0) is 6.61 Å². The van der Waals surface area contributed by atoms with Gasteiger partial charge in [-0.25, -0.2) is 4.98 Å². The van der Waals surface area contributed by atoms with Gasteiger partial charge in [-0.15, -0.1) is 0 Å². The molecule has 0 radical (unpaired) electrons. The first-order valence-corrected chi connectivity index (χ1v) is 7.37. The van der Waals surface area contributed by atoms with Crippen LogP contribution in [0.2, 0.25) is 5.15 Å². The molecule has 25 heavy (non-hydrogen) atoms. The van der Waals surface area contributed by atoms with Gasteiger partial charge in [0, 0.05) is 12.3 Å². The molecule has 0 aliphatic heterocycles. The highest BCUT2D eigenvalue weighted by Crippen LogP contribution is 2.25. The molecule has 0 spiro atoms. The molecule has 0 fully saturated rings. The highest BCUT2D eigenvalue weighted by molar-refractivity contribution is 6.29. The Morgan fingerprint density at radius 2 is 1.96 bits per heavy atom. The van der Waals surface area contributed by atoms with E-state index < -0.39 is 11.7 Å². The number of methoxy groups -OCH3 is 1. The zero-order chi connectivity index (χ0) is 18.4. The van der Waals surface area contributed by atoms with Crippen LogP contribution in [-0.4, -0.2) is 18.3 Å². The average molecular weight is 368 g/mol. The number of ether oxygens (including phenoxy) is 2. The number of rotatable bonds is 4. The third kappa shape index (κ3) is 5.44. The van der Waals surface area contributed by atoms with E-state index in [1.54, 1.807) is 31.4 Å². The van der Waals surface area contributed by atoms with Gasteiger partial charge in [-0.1, -0.05) is 42.2 Å². The molecule has 0 saturated carbocycles. The standard InChI is InChI=1S/C18H13ClF3NO2/c1-12(18(20,21)22)3-6-14-10-23-17(19)9-16(14)25-11-13-4-7-15(24-2)8-5-13/h4-5,7-10H,1,11H2,2H3. The maximum atomic E-state index is 12.5. The Labute approximate surface area is 148 Å². The number of hydrogen-bond donors (Lipinski definition) is 0. The third-order valence-corrected chi connectivity index (χ3v) is 3.28. The van der Waals surface area contributed by atoms with Crippen molar-refractivity contribution >= 4 is 11.6 Å². The maximum Gasteiger partial charge on any atom is 0.423 e. The Morgan fingerprint density at radius 1 is 1.28 bits per heavy atom. The van der Waals surface area contributed by atoms with Crippen molar-refractivity contribution in [1.29, 1.82) is 0 Å². The minimum atomic E-state index is -4.57. The van der Waals surface area contributed by atoms with E-state index in [-0.39, 0.29) is 23.1 Å². The smallest absolute Gasteiger partial charge is 0.423 e. The van der Waals surface area contributed by atoms with Crippen molar-refractivity contribution in [3.05, 3.63) is 65.0 Å². The molecule has 0 amide bonds. The van der Waals surface area contributed by atoms with Gasteiger partial charge in [0.05, 0.1) is 18.2 Å². The summed E-state index contributed by atoms with van der Waals surface area (Å²) >= 11 is 5.82. The van der Waals surface area contributed by atoms with Crippen LogP contribution in [0, 0.1) is 11.8 Å². The number of benzene rings is 1. The molecule has 0 bridgehead atoms. The molecule has 0 atom stereocenters. The number of aromatic nitrogens is 1. The fraction of sp³-hybridized carbons (Fsp3) is 0.167. The first kappa shape index (κ1) is 18.7. The summed E-state index contributed by atoms with van der Waals surface area (Å²) in [6.45, 7) is 3.08. The molecule has 2 aromatic rings. The molecular formula is C18H13ClF3NO2. The number of alkyl halides is 3. The number of allylic oxidation sites excluding steroid dienone is 1. The zero-order valence-electron chi connectivity index (χ0n) is 13.2. The summed E-state index contributed by atoms with van der Waals surface area (Å²) in [6, 6.07) is 8.54. The van der Waals surface area contributed by atoms with Crippen molar-refractivity contribution in [2.45, 2.75) is 12.8 Å². The molecule has 7 heteroatoms. The number of nitrogens with zero attached hydrogens (tertiary/aromatic N) is 1. The molecule has 2 rings (SSSR count). The van der Waals surface area contributed by atoms with E-state index in [0.717, 1.165) is 5.56 Å². The highest BCUT2D eigenvalue weighted by Gasteiger charge is 2.30. The summed E-state index contributed by atoms with van der Waals surface area (Å²) in [5, 5.41) is 0.143. The minimum absolute atomic E-state index is 0.143. The van der Waals surface area contributed by atoms with Crippen LogP contribution >= 0.6 is 11.6 Å². The largest absolute Gasteiger partial charge is 0.497 e. The lowest BCUT2D eigenvalue weighted by atomic mass is 10.2. The first-order valence-electron chi connectivity index (χ1n) is 6.99. The lowest BCUT2D eigenvalue weighted by molar-refractivity contribution is -0.0868. The topological polar surface area (TPSA) is 31.4 Å². The summed E-state index contributed by atoms with van der Waals surface area (Å²) in [4.78, 5) is 3.81. The van der Waals surface area contributed by atoms with Crippen molar-refractivity contribution in [2.24, 2.45) is 0 Å². The quantitative estimate of drug-likeness (QED) is 0.575. The van der Waals surface area contributed by atoms with E-state index in [9.17, 15) is 13.2 Å². The lowest BCUT2D eigenvalue weighted by Crippen LogP contribution is -2.08. The maximum absolute atomic E-state index is 12.5. The second-order valence-corrected chi connectivity index (χ2v) is 5.25. The molecule has 0 N–H and O–H groups in total. The fourth-order valence-electron chi connectivity index (χ4n) is 1.72. The van der Waals surface area contributed by atoms with Gasteiger partial charge in [-0.2, -0.15) is 13.2 Å². The van der Waals surface area contributed by atoms with Crippen LogP contribution < -0.4 is 9.47 Å². The first-order chi connectivity index (χ1) is 11.8. The second kappa shape index (κ2) is 7.95. The van der Waals surface area contributed by atoms with E-state index in [4.69, 9.17) is 21.1 Å². The molecule has 0 saturated heterocycles. The summed E-state index contributed by atoms with van der Waals surface area (Å²) in [7, 11) is 1.56. The lowest BCUT2D eigenvalue weighted by Gasteiger charge is -2.09. The van der Waals surface area contributed by atoms with Crippen LogP contribution in [0.4, 0.5) is 13.2 Å². The minimum Gasteiger partial charge on any atom is -0.497 e. The van der Waals surface area contributed by atoms with Gasteiger partial charge in [0.25, 0.3) is 0 Å². The van der Waals surface area contributed by atoms with E-state index in [1.807, 2.05) is 5.92 Å². The SMILES string of the molecule is C=C(C#Cc1cnc(Cl)cc1OCc1ccc(OC)cc1)C(F)(F)F. The Balaban J connectivity index is 2.18. The van der Waals surface area contributed by atoms with Gasteiger partial charge in [-0.3, -0.25) is 0 Å². The molecule has 0 aliphatic carbocycles. The predicted octanol–water partition coefficient (Wildman–Crippen LogP) is 4.79. The van der Waals surface area contributed by atoms with Crippen molar-refractivity contribution in [3.63, 3.8) is 0 Å². The third-order valence-electron chi connectivity index (χ3n) is 3.08. The zero-order valence-corrected chi connectivity index (χ0v) is 13.9. The number of pyridine rings is 1. The van der Waals surface area contributed by atoms with Crippen molar-refractivity contribution < 1.29 is 22.6 Å². The molecule has 1 aromatic carbocycles. The van der Waals surface area contributed by atoms with Crippen LogP contribution in [0.3, 0.4) is 0 Å². The molecule has 130 valence electrons. The summed E-state index contributed by atoms with van der Waals surface area (Å²) in [5.74, 6) is 5.26. The Bertz CT molecular complexity index is 821. The Morgan fingerprint density at radius 3 is 2.56 bits per heavy atom. The molecule has 3 nitrogen and oxygen atoms in total. The van der Waals surface area contributed by atoms with Gasteiger partial charge in [0.2, 0.25) is 0 Å². The van der Waals surface area contributed by atoms with Gasteiger partial charge in [0.15, 0.2) is 0 Å². The summed E-state index contributed by atoms with van der Waals surface area (Å²) < 4.78 is 48.1. The Hall–Kier alpha value is -2.65. The molecule has 1 heterocycles. The van der Waals surface area contributed by atoms with Gasteiger partial charge in [-0.05, 0) is 17.7 Å². The van der Waals surface area contributed by atoms with Crippen molar-refractivity contribution in [2.75, 3.05) is 7.11 Å². The summed E-state index contributed by atoms with van der Waals surface area (Å²) in [5.41, 5.74) is -0.126. The Kier molecular flexibility index (Phi) is 5.94. The number of halogens is 4. The summed E-state index contributed by atoms with van der Waals surface area (Å²) in [6.07, 6.45) is -3.32. The fourth-order valence-corrected chi connectivity index (χ4v) is 1.87. The number of hydrogen-bond acceptors (Lipinski definition) is 3. The van der Waals surface area contributed by atoms with E-state index >= 15 is 0 Å². The second-order valence-electron chi connectivity index (χ2n) is 4.87. The van der Waals surface area contributed by atoms with E-state index in [1.165, 1.54) is 12.3 Å². The van der Waals surface area contributed by atoms with Gasteiger partial charge >= 0.3 is 6.18 Å². The normalized spacial score (nSPS) is 10.6. The van der Waals surface area contributed by atoms with Gasteiger partial charge < -0.3 is 9.47 Å². The van der Waals surface area contributed by atoms with E-state index in [0.29, 0.717) is 5.75 Å². The van der Waals surface area contributed by atoms with Crippen LogP contribution in [0.1, 0.15) is 11.1 Å². The molecular weight excluding hydrogens is 355 g/mol. The van der Waals surface area contributed by atoms with Crippen molar-refractivity contribution in [3.8, 4) is 23.3 Å². The van der Waals surface area contributed by atoms with E-state index in [2.05, 4.69) is 17.5 Å². The van der Waals surface area contributed by atoms with Gasteiger partial charge in [0.1, 0.15) is 23.3 Å².